The molecule has 0 fully saturated rings. The number of hydrogen-bond donors (Lipinski definition) is 2. The minimum absolute atomic E-state index is 0.152. The van der Waals surface area contributed by atoms with Crippen LogP contribution in [0, 0.1) is 21.7 Å². The van der Waals surface area contributed by atoms with Crippen LogP contribution in [0.25, 0.3) is 0 Å². The van der Waals surface area contributed by atoms with Gasteiger partial charge in [0.15, 0.2) is 0 Å². The SMILES string of the molecule is C=C(C)C(=O)OCC(C)(C)CC(C)(C)CNC(=O)NCC(C)(CC)CC(C)(C)COC(=O)C(=C)C. The summed E-state index contributed by atoms with van der Waals surface area (Å²) in [6.07, 6.45) is 2.41. The number of carbonyl (C=O) groups is 3. The van der Waals surface area contributed by atoms with Gasteiger partial charge in [-0.3, -0.25) is 0 Å². The highest BCUT2D eigenvalue weighted by molar-refractivity contribution is 5.87. The van der Waals surface area contributed by atoms with E-state index in [9.17, 15) is 14.4 Å². The Morgan fingerprint density at radius 3 is 1.49 bits per heavy atom. The maximum Gasteiger partial charge on any atom is 0.333 e. The van der Waals surface area contributed by atoms with Crippen LogP contribution in [-0.4, -0.2) is 44.3 Å². The molecule has 0 radical (unpaired) electrons. The minimum atomic E-state index is -0.385. The molecular formula is C28H50N2O5. The van der Waals surface area contributed by atoms with Crippen LogP contribution < -0.4 is 10.6 Å². The summed E-state index contributed by atoms with van der Waals surface area (Å²) in [5.74, 6) is -0.766. The van der Waals surface area contributed by atoms with Crippen molar-refractivity contribution in [1.29, 1.82) is 0 Å². The summed E-state index contributed by atoms with van der Waals surface area (Å²) in [7, 11) is 0. The van der Waals surface area contributed by atoms with Crippen LogP contribution in [0.1, 0.15) is 88.5 Å². The van der Waals surface area contributed by atoms with Crippen molar-refractivity contribution in [3.05, 3.63) is 24.3 Å². The van der Waals surface area contributed by atoms with Gasteiger partial charge >= 0.3 is 18.0 Å². The van der Waals surface area contributed by atoms with Gasteiger partial charge in [-0.1, -0.05) is 68.5 Å². The van der Waals surface area contributed by atoms with Crippen molar-refractivity contribution in [3.63, 3.8) is 0 Å². The predicted octanol–water partition coefficient (Wildman–Crippen LogP) is 5.80. The third-order valence-corrected chi connectivity index (χ3v) is 6.00. The average molecular weight is 495 g/mol. The third-order valence-electron chi connectivity index (χ3n) is 6.00. The Labute approximate surface area is 213 Å². The van der Waals surface area contributed by atoms with Gasteiger partial charge in [-0.15, -0.1) is 0 Å². The van der Waals surface area contributed by atoms with E-state index >= 15 is 0 Å². The summed E-state index contributed by atoms with van der Waals surface area (Å²) in [5, 5.41) is 6.01. The van der Waals surface area contributed by atoms with E-state index in [4.69, 9.17) is 9.47 Å². The molecule has 0 heterocycles. The van der Waals surface area contributed by atoms with E-state index in [-0.39, 0.29) is 39.6 Å². The van der Waals surface area contributed by atoms with Crippen molar-refractivity contribution >= 4 is 18.0 Å². The Morgan fingerprint density at radius 2 is 1.09 bits per heavy atom. The number of urea groups is 1. The molecule has 0 rings (SSSR count). The largest absolute Gasteiger partial charge is 0.462 e. The molecule has 1 atom stereocenters. The monoisotopic (exact) mass is 494 g/mol. The third kappa shape index (κ3) is 14.0. The minimum Gasteiger partial charge on any atom is -0.462 e. The van der Waals surface area contributed by atoms with E-state index in [1.807, 2.05) is 13.8 Å². The second kappa shape index (κ2) is 13.1. The Morgan fingerprint density at radius 1 is 0.686 bits per heavy atom. The van der Waals surface area contributed by atoms with Gasteiger partial charge in [0.25, 0.3) is 0 Å². The van der Waals surface area contributed by atoms with E-state index in [2.05, 4.69) is 65.3 Å². The van der Waals surface area contributed by atoms with Gasteiger partial charge in [0.1, 0.15) is 0 Å². The molecule has 2 amide bonds. The molecule has 1 unspecified atom stereocenters. The van der Waals surface area contributed by atoms with Gasteiger partial charge in [0.2, 0.25) is 0 Å². The summed E-state index contributed by atoms with van der Waals surface area (Å²) >= 11 is 0. The number of rotatable bonds is 15. The summed E-state index contributed by atoms with van der Waals surface area (Å²) < 4.78 is 10.7. The van der Waals surface area contributed by atoms with Crippen molar-refractivity contribution in [1.82, 2.24) is 10.6 Å². The molecule has 0 aliphatic carbocycles. The van der Waals surface area contributed by atoms with E-state index < -0.39 is 0 Å². The van der Waals surface area contributed by atoms with Gasteiger partial charge in [0, 0.05) is 24.2 Å². The molecule has 0 spiro atoms. The number of hydrogen-bond acceptors (Lipinski definition) is 5. The van der Waals surface area contributed by atoms with Gasteiger partial charge < -0.3 is 20.1 Å². The lowest BCUT2D eigenvalue weighted by molar-refractivity contribution is -0.143. The number of esters is 2. The summed E-state index contributed by atoms with van der Waals surface area (Å²) in [4.78, 5) is 36.1. The van der Waals surface area contributed by atoms with Crippen LogP contribution in [0.3, 0.4) is 0 Å². The molecule has 0 bridgehead atoms. The van der Waals surface area contributed by atoms with Crippen molar-refractivity contribution in [3.8, 4) is 0 Å². The highest BCUT2D eigenvalue weighted by Crippen LogP contribution is 2.37. The summed E-state index contributed by atoms with van der Waals surface area (Å²) in [5.41, 5.74) is -0.0618. The van der Waals surface area contributed by atoms with Crippen LogP contribution in [0.15, 0.2) is 24.3 Å². The first-order valence-electron chi connectivity index (χ1n) is 12.4. The molecule has 7 nitrogen and oxygen atoms in total. The Hall–Kier alpha value is -2.31. The zero-order chi connectivity index (χ0) is 27.7. The van der Waals surface area contributed by atoms with Crippen LogP contribution in [0.4, 0.5) is 4.79 Å². The second-order valence-electron chi connectivity index (χ2n) is 12.8. The lowest BCUT2D eigenvalue weighted by Crippen LogP contribution is -2.46. The zero-order valence-electron chi connectivity index (χ0n) is 23.9. The van der Waals surface area contributed by atoms with E-state index in [1.54, 1.807) is 13.8 Å². The molecular weight excluding hydrogens is 444 g/mol. The highest BCUT2D eigenvalue weighted by atomic mass is 16.5. The molecule has 0 aromatic rings. The van der Waals surface area contributed by atoms with Gasteiger partial charge in [0.05, 0.1) is 13.2 Å². The predicted molar refractivity (Wildman–Crippen MR) is 142 cm³/mol. The average Bonchev–Trinajstić information content (AvgIpc) is 2.71. The topological polar surface area (TPSA) is 93.7 Å². The summed E-state index contributed by atoms with van der Waals surface area (Å²) in [6, 6.07) is -0.212. The quantitative estimate of drug-likeness (QED) is 0.222. The summed E-state index contributed by atoms with van der Waals surface area (Å²) in [6.45, 7) is 28.7. The van der Waals surface area contributed by atoms with Gasteiger partial charge in [-0.25, -0.2) is 14.4 Å². The first kappa shape index (κ1) is 32.7. The molecule has 35 heavy (non-hydrogen) atoms. The van der Waals surface area contributed by atoms with Crippen molar-refractivity contribution in [2.45, 2.75) is 88.5 Å². The maximum atomic E-state index is 12.6. The Balaban J connectivity index is 4.76. The van der Waals surface area contributed by atoms with Crippen LogP contribution in [0.5, 0.6) is 0 Å². The second-order valence-corrected chi connectivity index (χ2v) is 12.8. The molecule has 7 heteroatoms. The first-order chi connectivity index (χ1) is 15.7. The smallest absolute Gasteiger partial charge is 0.333 e. The lowest BCUT2D eigenvalue weighted by Gasteiger charge is -2.37. The zero-order valence-corrected chi connectivity index (χ0v) is 23.9. The first-order valence-corrected chi connectivity index (χ1v) is 12.4. The van der Waals surface area contributed by atoms with Crippen LogP contribution in [-0.2, 0) is 19.1 Å². The molecule has 2 N–H and O–H groups in total. The number of carbonyl (C=O) groups excluding carboxylic acids is 3. The molecule has 202 valence electrons. The molecule has 0 aliphatic rings. The molecule has 0 saturated heterocycles. The van der Waals surface area contributed by atoms with Crippen molar-refractivity contribution in [2.24, 2.45) is 21.7 Å². The lowest BCUT2D eigenvalue weighted by atomic mass is 9.72. The highest BCUT2D eigenvalue weighted by Gasteiger charge is 2.34. The Bertz CT molecular complexity index is 782. The van der Waals surface area contributed by atoms with Crippen LogP contribution in [0.2, 0.25) is 0 Å². The standard InChI is InChI=1S/C28H50N2O5/c1-13-28(12,15-27(10,11)19-35-23(32)21(4)5)17-30-24(33)29-16-25(6,7)14-26(8,9)18-34-22(31)20(2)3/h2,4,13-19H2,1,3,5-12H3,(H2,29,30,33). The molecule has 0 aliphatic heterocycles. The Kier molecular flexibility index (Phi) is 12.3. The van der Waals surface area contributed by atoms with Crippen LogP contribution >= 0.6 is 0 Å². The normalized spacial score (nSPS) is 13.9. The maximum absolute atomic E-state index is 12.6. The molecule has 0 aromatic heterocycles. The van der Waals surface area contributed by atoms with E-state index in [0.29, 0.717) is 37.4 Å². The number of amides is 2. The van der Waals surface area contributed by atoms with Crippen molar-refractivity contribution in [2.75, 3.05) is 26.3 Å². The van der Waals surface area contributed by atoms with E-state index in [0.717, 1.165) is 19.3 Å². The molecule has 0 saturated carbocycles. The fraction of sp³-hybridized carbons (Fsp3) is 0.750. The molecule has 0 aromatic carbocycles. The van der Waals surface area contributed by atoms with Crippen molar-refractivity contribution < 1.29 is 23.9 Å². The fourth-order valence-corrected chi connectivity index (χ4v) is 4.37. The van der Waals surface area contributed by atoms with E-state index in [1.165, 1.54) is 0 Å². The van der Waals surface area contributed by atoms with Gasteiger partial charge in [-0.2, -0.15) is 0 Å². The number of nitrogens with one attached hydrogen (secondary N) is 2. The fourth-order valence-electron chi connectivity index (χ4n) is 4.37. The van der Waals surface area contributed by atoms with Gasteiger partial charge in [-0.05, 0) is 54.8 Å². The number of ether oxygens (including phenoxy) is 2.